The zero-order valence-corrected chi connectivity index (χ0v) is 17.6. The minimum absolute atomic E-state index is 0.208. The second kappa shape index (κ2) is 8.10. The van der Waals surface area contributed by atoms with Gasteiger partial charge in [0, 0.05) is 0 Å². The van der Waals surface area contributed by atoms with E-state index in [0.717, 1.165) is 15.7 Å². The van der Waals surface area contributed by atoms with Gasteiger partial charge >= 0.3 is 5.69 Å². The summed E-state index contributed by atoms with van der Waals surface area (Å²) in [6.45, 7) is 5.74. The van der Waals surface area contributed by atoms with Gasteiger partial charge < -0.3 is 9.73 Å². The highest BCUT2D eigenvalue weighted by Crippen LogP contribution is 2.17. The highest BCUT2D eigenvalue weighted by Gasteiger charge is 2.22. The molecule has 31 heavy (non-hydrogen) atoms. The summed E-state index contributed by atoms with van der Waals surface area (Å²) in [5, 5.41) is 3.15. The van der Waals surface area contributed by atoms with Crippen molar-refractivity contribution >= 4 is 16.8 Å². The van der Waals surface area contributed by atoms with Gasteiger partial charge in [-0.05, 0) is 68.3 Å². The van der Waals surface area contributed by atoms with Crippen molar-refractivity contribution in [1.29, 1.82) is 0 Å². The van der Waals surface area contributed by atoms with Crippen molar-refractivity contribution in [2.24, 2.45) is 0 Å². The molecule has 1 amide bonds. The molecule has 0 spiro atoms. The van der Waals surface area contributed by atoms with E-state index in [9.17, 15) is 14.4 Å². The van der Waals surface area contributed by atoms with Gasteiger partial charge in [0.15, 0.2) is 0 Å². The van der Waals surface area contributed by atoms with Crippen molar-refractivity contribution in [3.8, 4) is 5.69 Å². The van der Waals surface area contributed by atoms with Crippen LogP contribution < -0.4 is 16.6 Å². The van der Waals surface area contributed by atoms with Gasteiger partial charge in [-0.3, -0.25) is 14.2 Å². The summed E-state index contributed by atoms with van der Waals surface area (Å²) in [6, 6.07) is 14.9. The Balaban J connectivity index is 1.86. The number of carbonyl (C=O) groups is 1. The van der Waals surface area contributed by atoms with Crippen LogP contribution in [0.3, 0.4) is 0 Å². The van der Waals surface area contributed by atoms with Crippen molar-refractivity contribution in [2.75, 3.05) is 0 Å². The summed E-state index contributed by atoms with van der Waals surface area (Å²) < 4.78 is 7.74. The average molecular weight is 417 g/mol. The van der Waals surface area contributed by atoms with Gasteiger partial charge in [0.2, 0.25) is 5.91 Å². The normalized spacial score (nSPS) is 12.1. The van der Waals surface area contributed by atoms with Crippen molar-refractivity contribution in [3.63, 3.8) is 0 Å². The third-order valence-electron chi connectivity index (χ3n) is 5.53. The Kier molecular flexibility index (Phi) is 5.33. The van der Waals surface area contributed by atoms with Gasteiger partial charge in [-0.25, -0.2) is 9.36 Å². The van der Waals surface area contributed by atoms with E-state index >= 15 is 0 Å². The lowest BCUT2D eigenvalue weighted by atomic mass is 10.1. The van der Waals surface area contributed by atoms with Crippen LogP contribution in [0.5, 0.6) is 0 Å². The molecule has 0 bridgehead atoms. The lowest BCUT2D eigenvalue weighted by Crippen LogP contribution is -2.43. The number of nitrogens with one attached hydrogen (secondary N) is 1. The Hall–Kier alpha value is -3.87. The van der Waals surface area contributed by atoms with Gasteiger partial charge in [-0.2, -0.15) is 0 Å². The van der Waals surface area contributed by atoms with E-state index in [1.165, 1.54) is 10.8 Å². The quantitative estimate of drug-likeness (QED) is 0.540. The molecule has 0 fully saturated rings. The van der Waals surface area contributed by atoms with Crippen LogP contribution in [-0.4, -0.2) is 15.0 Å². The first-order valence-electron chi connectivity index (χ1n) is 10.0. The molecule has 0 saturated heterocycles. The zero-order valence-electron chi connectivity index (χ0n) is 17.6. The van der Waals surface area contributed by atoms with E-state index in [1.807, 2.05) is 19.9 Å². The van der Waals surface area contributed by atoms with Crippen LogP contribution >= 0.6 is 0 Å². The maximum atomic E-state index is 13.5. The molecule has 0 aliphatic rings. The standard InChI is InChI=1S/C24H23N3O4/c1-15-10-11-18(13-16(15)2)27-23(29)20-8-4-5-9-21(20)26(24(27)30)17(3)22(28)25-14-19-7-6-12-31-19/h4-13,17H,14H2,1-3H3,(H,25,28)/t17-/m0/s1. The van der Waals surface area contributed by atoms with Gasteiger partial charge in [0.25, 0.3) is 5.56 Å². The molecule has 7 heteroatoms. The SMILES string of the molecule is Cc1ccc(-n2c(=O)c3ccccc3n([C@@H](C)C(=O)NCc3ccco3)c2=O)cc1C. The second-order valence-electron chi connectivity index (χ2n) is 7.55. The van der Waals surface area contributed by atoms with Crippen LogP contribution in [0.1, 0.15) is 29.9 Å². The first-order valence-corrected chi connectivity index (χ1v) is 10.0. The average Bonchev–Trinajstić information content (AvgIpc) is 3.28. The van der Waals surface area contributed by atoms with Crippen molar-refractivity contribution in [1.82, 2.24) is 14.5 Å². The van der Waals surface area contributed by atoms with Crippen LogP contribution in [0.2, 0.25) is 0 Å². The maximum absolute atomic E-state index is 13.5. The predicted octanol–water partition coefficient (Wildman–Crippen LogP) is 3.24. The minimum Gasteiger partial charge on any atom is -0.467 e. The third-order valence-corrected chi connectivity index (χ3v) is 5.53. The number of hydrogen-bond donors (Lipinski definition) is 1. The Morgan fingerprint density at radius 2 is 1.81 bits per heavy atom. The fourth-order valence-corrected chi connectivity index (χ4v) is 3.60. The Morgan fingerprint density at radius 3 is 2.52 bits per heavy atom. The maximum Gasteiger partial charge on any atom is 0.336 e. The predicted molar refractivity (Wildman–Crippen MR) is 119 cm³/mol. The van der Waals surface area contributed by atoms with E-state index in [1.54, 1.807) is 55.5 Å². The number of benzene rings is 2. The van der Waals surface area contributed by atoms with Crippen LogP contribution in [0.25, 0.3) is 16.6 Å². The van der Waals surface area contributed by atoms with Crippen LogP contribution in [0.15, 0.2) is 74.9 Å². The third kappa shape index (κ3) is 3.70. The molecule has 0 aliphatic carbocycles. The molecule has 4 rings (SSSR count). The number of aryl methyl sites for hydroxylation is 2. The number of furan rings is 1. The van der Waals surface area contributed by atoms with Crippen LogP contribution in [0.4, 0.5) is 0 Å². The summed E-state index contributed by atoms with van der Waals surface area (Å²) in [7, 11) is 0. The van der Waals surface area contributed by atoms with Crippen LogP contribution in [-0.2, 0) is 11.3 Å². The summed E-state index contributed by atoms with van der Waals surface area (Å²) in [5.74, 6) is 0.256. The van der Waals surface area contributed by atoms with Gasteiger partial charge in [-0.1, -0.05) is 18.2 Å². The van der Waals surface area contributed by atoms with E-state index in [-0.39, 0.29) is 12.5 Å². The molecule has 0 saturated carbocycles. The molecular formula is C24H23N3O4. The van der Waals surface area contributed by atoms with Crippen molar-refractivity contribution < 1.29 is 9.21 Å². The lowest BCUT2D eigenvalue weighted by Gasteiger charge is -2.19. The number of carbonyl (C=O) groups excluding carboxylic acids is 1. The summed E-state index contributed by atoms with van der Waals surface area (Å²) in [4.78, 5) is 39.6. The molecule has 158 valence electrons. The zero-order chi connectivity index (χ0) is 22.1. The molecule has 2 aromatic heterocycles. The van der Waals surface area contributed by atoms with Crippen molar-refractivity contribution in [2.45, 2.75) is 33.4 Å². The number of para-hydroxylation sites is 1. The fourth-order valence-electron chi connectivity index (χ4n) is 3.60. The molecule has 1 atom stereocenters. The topological polar surface area (TPSA) is 86.2 Å². The fraction of sp³-hybridized carbons (Fsp3) is 0.208. The first-order chi connectivity index (χ1) is 14.9. The van der Waals surface area contributed by atoms with E-state index in [4.69, 9.17) is 4.42 Å². The number of amides is 1. The second-order valence-corrected chi connectivity index (χ2v) is 7.55. The Morgan fingerprint density at radius 1 is 1.03 bits per heavy atom. The number of hydrogen-bond acceptors (Lipinski definition) is 4. The molecule has 2 aromatic carbocycles. The number of aromatic nitrogens is 2. The molecule has 2 heterocycles. The molecule has 0 radical (unpaired) electrons. The summed E-state index contributed by atoms with van der Waals surface area (Å²) in [5.41, 5.74) is 1.94. The van der Waals surface area contributed by atoms with Crippen LogP contribution in [0, 0.1) is 13.8 Å². The molecule has 1 N–H and O–H groups in total. The lowest BCUT2D eigenvalue weighted by molar-refractivity contribution is -0.124. The first kappa shape index (κ1) is 20.4. The Labute approximate surface area is 178 Å². The van der Waals surface area contributed by atoms with Gasteiger partial charge in [0.05, 0.1) is 29.4 Å². The number of nitrogens with zero attached hydrogens (tertiary/aromatic N) is 2. The van der Waals surface area contributed by atoms with E-state index < -0.39 is 17.3 Å². The van der Waals surface area contributed by atoms with E-state index in [0.29, 0.717) is 22.4 Å². The Bertz CT molecular complexity index is 1380. The summed E-state index contributed by atoms with van der Waals surface area (Å²) in [6.07, 6.45) is 1.53. The summed E-state index contributed by atoms with van der Waals surface area (Å²) >= 11 is 0. The highest BCUT2D eigenvalue weighted by molar-refractivity contribution is 5.84. The van der Waals surface area contributed by atoms with E-state index in [2.05, 4.69) is 5.32 Å². The monoisotopic (exact) mass is 417 g/mol. The minimum atomic E-state index is -0.842. The van der Waals surface area contributed by atoms with Crippen molar-refractivity contribution in [3.05, 3.63) is 98.6 Å². The van der Waals surface area contributed by atoms with Gasteiger partial charge in [-0.15, -0.1) is 0 Å². The number of fused-ring (bicyclic) bond motifs is 1. The molecule has 0 aliphatic heterocycles. The molecule has 0 unspecified atom stereocenters. The molecule has 7 nitrogen and oxygen atoms in total. The number of rotatable bonds is 5. The largest absolute Gasteiger partial charge is 0.467 e. The van der Waals surface area contributed by atoms with Gasteiger partial charge in [0.1, 0.15) is 11.8 Å². The highest BCUT2D eigenvalue weighted by atomic mass is 16.3. The smallest absolute Gasteiger partial charge is 0.336 e. The molecule has 4 aromatic rings. The molecular weight excluding hydrogens is 394 g/mol.